The maximum atomic E-state index is 12.7. The van der Waals surface area contributed by atoms with Crippen molar-refractivity contribution in [2.45, 2.75) is 51.6 Å². The Morgan fingerprint density at radius 2 is 1.27 bits per heavy atom. The number of nitrogens with zero attached hydrogens (tertiary/aromatic N) is 7. The highest BCUT2D eigenvalue weighted by atomic mass is 32.1. The number of aromatic nitrogens is 4. The minimum Gasteiger partial charge on any atom is -0.495 e. The topological polar surface area (TPSA) is 197 Å². The van der Waals surface area contributed by atoms with Crippen LogP contribution >= 0.6 is 22.7 Å². The summed E-state index contributed by atoms with van der Waals surface area (Å²) in [7, 11) is 5.06. The molecule has 2 atom stereocenters. The minimum absolute atomic E-state index is 0.0221. The lowest BCUT2D eigenvalue weighted by atomic mass is 9.87. The van der Waals surface area contributed by atoms with Crippen LogP contribution in [0.4, 0.5) is 23.0 Å². The zero-order chi connectivity index (χ0) is 41.5. The number of carboxylic acids is 1. The molecular formula is C43H43N9O6S2. The molecule has 1 amide bonds. The van der Waals surface area contributed by atoms with Gasteiger partial charge >= 0.3 is 5.97 Å². The number of rotatable bonds is 10. The fourth-order valence-corrected chi connectivity index (χ4v) is 11.0. The van der Waals surface area contributed by atoms with E-state index in [4.69, 9.17) is 14.6 Å². The van der Waals surface area contributed by atoms with Crippen LogP contribution in [0.3, 0.4) is 0 Å². The number of carboxylic acid groups (broad SMARTS) is 1. The Hall–Kier alpha value is -6.04. The van der Waals surface area contributed by atoms with Crippen LogP contribution in [0.1, 0.15) is 56.0 Å². The third-order valence-electron chi connectivity index (χ3n) is 11.6. The summed E-state index contributed by atoms with van der Waals surface area (Å²) in [4.78, 5) is 56.5. The molecule has 10 rings (SSSR count). The van der Waals surface area contributed by atoms with Crippen LogP contribution in [0.15, 0.2) is 46.9 Å². The molecule has 0 saturated carbocycles. The number of fused-ring (bicyclic) bond motifs is 8. The molecule has 4 aromatic heterocycles. The monoisotopic (exact) mass is 845 g/mol. The number of likely N-dealkylation sites (N-methyl/N-ethyl adjacent to an activating group) is 1. The molecule has 6 aromatic rings. The fraction of sp³-hybridized carbons (Fsp3) is 0.349. The second kappa shape index (κ2) is 16.5. The number of amides is 1. The Labute approximate surface area is 353 Å². The van der Waals surface area contributed by atoms with E-state index in [-0.39, 0.29) is 24.3 Å². The zero-order valence-electron chi connectivity index (χ0n) is 33.3. The van der Waals surface area contributed by atoms with Gasteiger partial charge in [0.25, 0.3) is 0 Å². The first kappa shape index (κ1) is 39.4. The van der Waals surface area contributed by atoms with Gasteiger partial charge in [-0.2, -0.15) is 0 Å². The summed E-state index contributed by atoms with van der Waals surface area (Å²) in [6.07, 6.45) is 11.1. The molecule has 0 unspecified atom stereocenters. The van der Waals surface area contributed by atoms with Crippen molar-refractivity contribution in [3.8, 4) is 11.5 Å². The summed E-state index contributed by atoms with van der Waals surface area (Å²) in [6, 6.07) is 8.09. The second-order valence-corrected chi connectivity index (χ2v) is 17.4. The third kappa shape index (κ3) is 7.41. The van der Waals surface area contributed by atoms with Gasteiger partial charge in [-0.15, -0.1) is 22.7 Å². The Bertz CT molecular complexity index is 2730. The number of nitrogens with one attached hydrogen (secondary N) is 2. The van der Waals surface area contributed by atoms with Crippen molar-refractivity contribution in [1.82, 2.24) is 24.8 Å². The number of aliphatic hydroxyl groups excluding tert-OH is 1. The van der Waals surface area contributed by atoms with E-state index in [9.17, 15) is 14.7 Å². The molecular weight excluding hydrogens is 803 g/mol. The van der Waals surface area contributed by atoms with E-state index in [0.717, 1.165) is 101 Å². The Balaban J connectivity index is 0.000000155. The number of carbonyl (C=O) groups is 2. The van der Waals surface area contributed by atoms with Crippen molar-refractivity contribution >= 4 is 90.4 Å². The van der Waals surface area contributed by atoms with E-state index in [1.54, 1.807) is 61.5 Å². The fourth-order valence-electron chi connectivity index (χ4n) is 8.47. The van der Waals surface area contributed by atoms with Gasteiger partial charge in [0, 0.05) is 41.7 Å². The quantitative estimate of drug-likeness (QED) is 0.117. The van der Waals surface area contributed by atoms with Crippen LogP contribution in [0, 0.1) is 11.8 Å². The summed E-state index contributed by atoms with van der Waals surface area (Å²) < 4.78 is 11.2. The molecule has 0 bridgehead atoms. The summed E-state index contributed by atoms with van der Waals surface area (Å²) in [6.45, 7) is 1.69. The van der Waals surface area contributed by atoms with E-state index in [0.29, 0.717) is 38.9 Å². The van der Waals surface area contributed by atoms with E-state index in [1.807, 2.05) is 36.7 Å². The largest absolute Gasteiger partial charge is 0.495 e. The predicted molar refractivity (Wildman–Crippen MR) is 233 cm³/mol. The van der Waals surface area contributed by atoms with Crippen molar-refractivity contribution in [1.29, 1.82) is 0 Å². The highest BCUT2D eigenvalue weighted by Crippen LogP contribution is 2.44. The number of aryl methyl sites for hydroxylation is 2. The standard InChI is InChI=1S/C23H25N5O3S.C20H18N4O3S/c1-28(5-6-29)23(30)13-3-4-16-19(9-13)32-22-20(16)21(25-12-26-22)27-17-7-14-10-24-11-15(14)8-18(17)31-2;1-27-15-5-12-8-21-7-11(12)4-14(15)24-18-17-13-3-2-10(20(25)26)6-16(13)28-19(17)23-9-22-18/h7-8,10,12-13,29H,3-6,9,11H2,1-2H3,(H,25,26,27);4-5,7,9-10H,2-3,6,8H2,1H3,(H,25,26)(H,22,23,24)/t13-;10-/m11/s1. The molecule has 0 fully saturated rings. The maximum absolute atomic E-state index is 12.7. The Morgan fingerprint density at radius 3 is 1.75 bits per heavy atom. The van der Waals surface area contributed by atoms with Gasteiger partial charge in [0.1, 0.15) is 45.5 Å². The van der Waals surface area contributed by atoms with Crippen molar-refractivity contribution in [3.63, 3.8) is 0 Å². The number of aliphatic imine (C=N–C) groups is 2. The number of anilines is 4. The first-order valence-corrected chi connectivity index (χ1v) is 21.4. The first-order chi connectivity index (χ1) is 29.2. The molecule has 60 heavy (non-hydrogen) atoms. The number of hydrogen-bond donors (Lipinski definition) is 4. The van der Waals surface area contributed by atoms with Gasteiger partial charge < -0.3 is 35.2 Å². The van der Waals surface area contributed by atoms with Gasteiger partial charge in [-0.25, -0.2) is 19.9 Å². The van der Waals surface area contributed by atoms with E-state index in [2.05, 4.69) is 40.6 Å². The predicted octanol–water partition coefficient (Wildman–Crippen LogP) is 6.50. The summed E-state index contributed by atoms with van der Waals surface area (Å²) in [5.41, 5.74) is 8.51. The molecule has 0 spiro atoms. The lowest BCUT2D eigenvalue weighted by Gasteiger charge is -2.26. The number of benzene rings is 2. The lowest BCUT2D eigenvalue weighted by Crippen LogP contribution is -2.37. The van der Waals surface area contributed by atoms with Crippen molar-refractivity contribution in [2.24, 2.45) is 21.8 Å². The number of hydrogen-bond acceptors (Lipinski definition) is 15. The van der Waals surface area contributed by atoms with Crippen molar-refractivity contribution < 1.29 is 29.3 Å². The minimum atomic E-state index is -0.725. The van der Waals surface area contributed by atoms with Crippen LogP contribution in [-0.2, 0) is 48.4 Å². The van der Waals surface area contributed by atoms with Crippen LogP contribution < -0.4 is 20.1 Å². The van der Waals surface area contributed by atoms with Gasteiger partial charge in [0.05, 0.1) is 62.0 Å². The van der Waals surface area contributed by atoms with Crippen molar-refractivity contribution in [2.75, 3.05) is 45.1 Å². The molecule has 2 aromatic carbocycles. The van der Waals surface area contributed by atoms with Gasteiger partial charge in [0.15, 0.2) is 0 Å². The van der Waals surface area contributed by atoms with Crippen molar-refractivity contribution in [3.05, 3.63) is 80.1 Å². The molecule has 4 aliphatic rings. The number of methoxy groups -OCH3 is 2. The summed E-state index contributed by atoms with van der Waals surface area (Å²) >= 11 is 3.21. The number of carbonyl (C=O) groups excluding carboxylic acids is 1. The molecule has 2 aliphatic heterocycles. The highest BCUT2D eigenvalue weighted by Gasteiger charge is 2.32. The van der Waals surface area contributed by atoms with Crippen LogP contribution in [0.25, 0.3) is 20.4 Å². The van der Waals surface area contributed by atoms with Crippen LogP contribution in [0.2, 0.25) is 0 Å². The highest BCUT2D eigenvalue weighted by molar-refractivity contribution is 7.19. The Kier molecular flexibility index (Phi) is 10.9. The maximum Gasteiger partial charge on any atom is 0.306 e. The number of ether oxygens (including phenoxy) is 2. The zero-order valence-corrected chi connectivity index (χ0v) is 35.0. The SMILES string of the molecule is COc1cc2c(cc1Nc1ncnc3sc4c(c13)CC[C@@H](C(=O)N(C)CCO)C4)C=NC2.COc1cc2c(cc1Nc1ncnc3sc4c(c13)CC[C@@H](C(=O)O)C4)C=NC2. The summed E-state index contributed by atoms with van der Waals surface area (Å²) in [5, 5.41) is 27.4. The summed E-state index contributed by atoms with van der Waals surface area (Å²) in [5.74, 6) is 1.96. The van der Waals surface area contributed by atoms with E-state index < -0.39 is 5.97 Å². The third-order valence-corrected chi connectivity index (χ3v) is 13.9. The van der Waals surface area contributed by atoms with E-state index >= 15 is 0 Å². The van der Waals surface area contributed by atoms with Crippen LogP contribution in [0.5, 0.6) is 11.5 Å². The molecule has 2 aliphatic carbocycles. The average molecular weight is 846 g/mol. The second-order valence-electron chi connectivity index (χ2n) is 15.2. The molecule has 0 radical (unpaired) electrons. The van der Waals surface area contributed by atoms with Gasteiger partial charge in [-0.3, -0.25) is 19.6 Å². The molecule has 6 heterocycles. The molecule has 308 valence electrons. The molecule has 17 heteroatoms. The molecule has 4 N–H and O–H groups in total. The molecule has 0 saturated heterocycles. The number of thiophene rings is 2. The normalized spacial score (nSPS) is 17.0. The average Bonchev–Trinajstić information content (AvgIpc) is 4.07. The van der Waals surface area contributed by atoms with Gasteiger partial charge in [-0.1, -0.05) is 0 Å². The smallest absolute Gasteiger partial charge is 0.306 e. The van der Waals surface area contributed by atoms with Crippen LogP contribution in [-0.4, -0.2) is 93.8 Å². The number of aliphatic carboxylic acids is 1. The first-order valence-electron chi connectivity index (χ1n) is 19.8. The van der Waals surface area contributed by atoms with Gasteiger partial charge in [-0.05, 0) is 96.2 Å². The lowest BCUT2D eigenvalue weighted by molar-refractivity contribution is -0.142. The van der Waals surface area contributed by atoms with E-state index in [1.165, 1.54) is 16.0 Å². The Morgan fingerprint density at radius 1 is 0.767 bits per heavy atom. The number of aliphatic hydroxyl groups is 1. The van der Waals surface area contributed by atoms with Gasteiger partial charge in [0.2, 0.25) is 5.91 Å². The molecule has 15 nitrogen and oxygen atoms in total.